The molecule has 0 amide bonds. The van der Waals surface area contributed by atoms with Gasteiger partial charge in [0.05, 0.1) is 5.56 Å². The van der Waals surface area contributed by atoms with Crippen molar-refractivity contribution in [3.63, 3.8) is 0 Å². The summed E-state index contributed by atoms with van der Waals surface area (Å²) in [5.74, 6) is -0.177. The van der Waals surface area contributed by atoms with E-state index in [1.54, 1.807) is 0 Å². The van der Waals surface area contributed by atoms with Crippen molar-refractivity contribution in [2.75, 3.05) is 5.32 Å². The van der Waals surface area contributed by atoms with Crippen LogP contribution in [0, 0.1) is 0 Å². The molecule has 0 atom stereocenters. The molecule has 0 aliphatic carbocycles. The van der Waals surface area contributed by atoms with Crippen LogP contribution in [0.1, 0.15) is 11.1 Å². The van der Waals surface area contributed by atoms with E-state index in [-0.39, 0.29) is 12.4 Å². The first-order valence-corrected chi connectivity index (χ1v) is 7.16. The van der Waals surface area contributed by atoms with Crippen molar-refractivity contribution >= 4 is 37.7 Å². The minimum Gasteiger partial charge on any atom is -0.365 e. The third kappa shape index (κ3) is 3.96. The zero-order chi connectivity index (χ0) is 14.8. The Labute approximate surface area is 130 Å². The van der Waals surface area contributed by atoms with E-state index in [9.17, 15) is 13.2 Å². The second kappa shape index (κ2) is 6.13. The number of nitrogens with one attached hydrogen (secondary N) is 1. The smallest absolute Gasteiger partial charge is 0.365 e. The van der Waals surface area contributed by atoms with Crippen LogP contribution in [0.4, 0.5) is 19.0 Å². The van der Waals surface area contributed by atoms with Crippen molar-refractivity contribution in [2.24, 2.45) is 0 Å². The van der Waals surface area contributed by atoms with Gasteiger partial charge in [-0.3, -0.25) is 0 Å². The standard InChI is InChI=1S/C13H9Br2F3N2/c14-9-3-1-8(2-4-9)6-19-12-11(13(16,17)18)5-10(15)7-20-12/h1-5,7H,6H2,(H,19,20). The Morgan fingerprint density at radius 2 is 1.70 bits per heavy atom. The maximum absolute atomic E-state index is 12.9. The van der Waals surface area contributed by atoms with E-state index in [1.165, 1.54) is 6.20 Å². The van der Waals surface area contributed by atoms with E-state index in [1.807, 2.05) is 24.3 Å². The average Bonchev–Trinajstić information content (AvgIpc) is 2.38. The molecule has 7 heteroatoms. The molecule has 1 heterocycles. The predicted octanol–water partition coefficient (Wildman–Crippen LogP) is 5.24. The van der Waals surface area contributed by atoms with Gasteiger partial charge >= 0.3 is 6.18 Å². The number of anilines is 1. The quantitative estimate of drug-likeness (QED) is 0.749. The molecule has 0 bridgehead atoms. The van der Waals surface area contributed by atoms with Gasteiger partial charge in [0.2, 0.25) is 0 Å². The van der Waals surface area contributed by atoms with E-state index in [4.69, 9.17) is 0 Å². The van der Waals surface area contributed by atoms with Crippen LogP contribution in [0.15, 0.2) is 45.5 Å². The van der Waals surface area contributed by atoms with Gasteiger partial charge in [-0.1, -0.05) is 28.1 Å². The number of rotatable bonds is 3. The Morgan fingerprint density at radius 3 is 2.30 bits per heavy atom. The van der Waals surface area contributed by atoms with Gasteiger partial charge < -0.3 is 5.32 Å². The molecule has 0 radical (unpaired) electrons. The molecule has 0 spiro atoms. The lowest BCUT2D eigenvalue weighted by Crippen LogP contribution is -2.12. The largest absolute Gasteiger partial charge is 0.419 e. The van der Waals surface area contributed by atoms with E-state index < -0.39 is 11.7 Å². The van der Waals surface area contributed by atoms with Crippen molar-refractivity contribution in [1.82, 2.24) is 4.98 Å². The third-order valence-electron chi connectivity index (χ3n) is 2.53. The van der Waals surface area contributed by atoms with Gasteiger partial charge in [-0.05, 0) is 39.7 Å². The minimum atomic E-state index is -4.45. The van der Waals surface area contributed by atoms with Gasteiger partial charge in [0, 0.05) is 21.7 Å². The number of benzene rings is 1. The van der Waals surface area contributed by atoms with Crippen LogP contribution in [0.2, 0.25) is 0 Å². The highest BCUT2D eigenvalue weighted by atomic mass is 79.9. The number of hydrogen-bond acceptors (Lipinski definition) is 2. The maximum atomic E-state index is 12.9. The first-order valence-electron chi connectivity index (χ1n) is 5.57. The molecule has 0 aliphatic heterocycles. The van der Waals surface area contributed by atoms with Gasteiger partial charge in [0.25, 0.3) is 0 Å². The number of halogens is 5. The summed E-state index contributed by atoms with van der Waals surface area (Å²) >= 11 is 6.30. The Bertz CT molecular complexity index is 598. The summed E-state index contributed by atoms with van der Waals surface area (Å²) in [5, 5.41) is 2.72. The van der Waals surface area contributed by atoms with Gasteiger partial charge in [-0.2, -0.15) is 13.2 Å². The SMILES string of the molecule is FC(F)(F)c1cc(Br)cnc1NCc1ccc(Br)cc1. The fourth-order valence-electron chi connectivity index (χ4n) is 1.58. The number of pyridine rings is 1. The monoisotopic (exact) mass is 408 g/mol. The Kier molecular flexibility index (Phi) is 4.70. The van der Waals surface area contributed by atoms with Crippen LogP contribution in [0.25, 0.3) is 0 Å². The molecule has 1 aromatic carbocycles. The zero-order valence-corrected chi connectivity index (χ0v) is 13.2. The molecule has 2 rings (SSSR count). The topological polar surface area (TPSA) is 24.9 Å². The van der Waals surface area contributed by atoms with E-state index in [0.29, 0.717) is 4.47 Å². The molecular weight excluding hydrogens is 401 g/mol. The molecule has 1 aromatic heterocycles. The van der Waals surface area contributed by atoms with Crippen LogP contribution in [0.5, 0.6) is 0 Å². The molecule has 0 aliphatic rings. The minimum absolute atomic E-state index is 0.177. The van der Waals surface area contributed by atoms with Crippen molar-refractivity contribution in [3.05, 3.63) is 56.6 Å². The van der Waals surface area contributed by atoms with Crippen LogP contribution in [0.3, 0.4) is 0 Å². The molecule has 0 fully saturated rings. The lowest BCUT2D eigenvalue weighted by atomic mass is 10.2. The second-order valence-electron chi connectivity index (χ2n) is 4.03. The van der Waals surface area contributed by atoms with Crippen molar-refractivity contribution in [3.8, 4) is 0 Å². The summed E-state index contributed by atoms with van der Waals surface area (Å²) in [6.45, 7) is 0.269. The molecule has 0 unspecified atom stereocenters. The summed E-state index contributed by atoms with van der Waals surface area (Å²) in [4.78, 5) is 3.79. The third-order valence-corrected chi connectivity index (χ3v) is 3.50. The molecule has 1 N–H and O–H groups in total. The van der Waals surface area contributed by atoms with Crippen molar-refractivity contribution < 1.29 is 13.2 Å². The fourth-order valence-corrected chi connectivity index (χ4v) is 2.18. The number of hydrogen-bond donors (Lipinski definition) is 1. The molecule has 0 saturated carbocycles. The first-order chi connectivity index (χ1) is 9.36. The van der Waals surface area contributed by atoms with Crippen molar-refractivity contribution in [2.45, 2.75) is 12.7 Å². The van der Waals surface area contributed by atoms with Crippen molar-refractivity contribution in [1.29, 1.82) is 0 Å². The molecule has 20 heavy (non-hydrogen) atoms. The lowest BCUT2D eigenvalue weighted by molar-refractivity contribution is -0.137. The summed E-state index contributed by atoms with van der Waals surface area (Å²) in [5.41, 5.74) is 0.0787. The number of nitrogens with zero attached hydrogens (tertiary/aromatic N) is 1. The summed E-state index contributed by atoms with van der Waals surface area (Å²) in [7, 11) is 0. The predicted molar refractivity (Wildman–Crippen MR) is 78.4 cm³/mol. The number of aromatic nitrogens is 1. The van der Waals surface area contributed by atoms with Crippen LogP contribution in [-0.2, 0) is 12.7 Å². The molecule has 0 saturated heterocycles. The molecule has 2 aromatic rings. The zero-order valence-electron chi connectivity index (χ0n) is 10.0. The Balaban J connectivity index is 2.19. The van der Waals surface area contributed by atoms with Crippen LogP contribution in [-0.4, -0.2) is 4.98 Å². The van der Waals surface area contributed by atoms with Gasteiger partial charge in [0.15, 0.2) is 0 Å². The number of alkyl halides is 3. The average molecular weight is 410 g/mol. The van der Waals surface area contributed by atoms with Crippen LogP contribution < -0.4 is 5.32 Å². The second-order valence-corrected chi connectivity index (χ2v) is 5.86. The summed E-state index contributed by atoms with van der Waals surface area (Å²) < 4.78 is 39.9. The molecule has 2 nitrogen and oxygen atoms in total. The highest BCUT2D eigenvalue weighted by Crippen LogP contribution is 2.35. The molecule has 106 valence electrons. The highest BCUT2D eigenvalue weighted by molar-refractivity contribution is 9.10. The van der Waals surface area contributed by atoms with Gasteiger partial charge in [-0.25, -0.2) is 4.98 Å². The summed E-state index contributed by atoms with van der Waals surface area (Å²) in [6.07, 6.45) is -3.11. The normalized spacial score (nSPS) is 11.4. The van der Waals surface area contributed by atoms with E-state index >= 15 is 0 Å². The first kappa shape index (κ1) is 15.3. The highest BCUT2D eigenvalue weighted by Gasteiger charge is 2.34. The Hall–Kier alpha value is -1.08. The van der Waals surface area contributed by atoms with E-state index in [0.717, 1.165) is 16.1 Å². The van der Waals surface area contributed by atoms with Crippen LogP contribution >= 0.6 is 31.9 Å². The maximum Gasteiger partial charge on any atom is 0.419 e. The Morgan fingerprint density at radius 1 is 1.05 bits per heavy atom. The summed E-state index contributed by atoms with van der Waals surface area (Å²) in [6, 6.07) is 8.32. The van der Waals surface area contributed by atoms with Gasteiger partial charge in [-0.15, -0.1) is 0 Å². The fraction of sp³-hybridized carbons (Fsp3) is 0.154. The molecular formula is C13H9Br2F3N2. The lowest BCUT2D eigenvalue weighted by Gasteiger charge is -2.14. The van der Waals surface area contributed by atoms with E-state index in [2.05, 4.69) is 42.2 Å². The van der Waals surface area contributed by atoms with Gasteiger partial charge in [0.1, 0.15) is 5.82 Å².